The van der Waals surface area contributed by atoms with Crippen LogP contribution < -0.4 is 10.6 Å². The van der Waals surface area contributed by atoms with Gasteiger partial charge in [0, 0.05) is 31.4 Å². The van der Waals surface area contributed by atoms with Crippen molar-refractivity contribution in [3.8, 4) is 11.3 Å². The standard InChI is InChI=1S/C18H19Cl2N5O.HI/c1-21-18(23-11-14-9-15(19)17(20)25(14)2)22-10-13-8-16(26-24-13)12-6-4-3-5-7-12;/h3-9H,10-11H2,1-2H3,(H2,21,22,23);1H. The van der Waals surface area contributed by atoms with E-state index in [0.717, 1.165) is 22.7 Å². The van der Waals surface area contributed by atoms with Crippen molar-refractivity contribution in [1.82, 2.24) is 20.4 Å². The first-order valence-electron chi connectivity index (χ1n) is 8.03. The lowest BCUT2D eigenvalue weighted by molar-refractivity contribution is 0.422. The molecule has 0 aliphatic carbocycles. The summed E-state index contributed by atoms with van der Waals surface area (Å²) in [4.78, 5) is 4.20. The first-order chi connectivity index (χ1) is 12.6. The van der Waals surface area contributed by atoms with Crippen LogP contribution in [-0.2, 0) is 20.1 Å². The molecule has 0 bridgehead atoms. The van der Waals surface area contributed by atoms with Crippen LogP contribution in [0.5, 0.6) is 0 Å². The van der Waals surface area contributed by atoms with Gasteiger partial charge in [-0.15, -0.1) is 24.0 Å². The molecule has 0 spiro atoms. The van der Waals surface area contributed by atoms with Gasteiger partial charge in [-0.3, -0.25) is 4.99 Å². The maximum atomic E-state index is 6.08. The number of nitrogens with zero attached hydrogens (tertiary/aromatic N) is 3. The molecule has 144 valence electrons. The Morgan fingerprint density at radius 3 is 2.48 bits per heavy atom. The van der Waals surface area contributed by atoms with Gasteiger partial charge in [-0.2, -0.15) is 0 Å². The van der Waals surface area contributed by atoms with Crippen LogP contribution in [0.1, 0.15) is 11.4 Å². The van der Waals surface area contributed by atoms with Crippen LogP contribution >= 0.6 is 47.2 Å². The minimum Gasteiger partial charge on any atom is -0.356 e. The van der Waals surface area contributed by atoms with Crippen LogP contribution in [0, 0.1) is 0 Å². The number of hydrogen-bond donors (Lipinski definition) is 2. The summed E-state index contributed by atoms with van der Waals surface area (Å²) in [6.45, 7) is 1.03. The summed E-state index contributed by atoms with van der Waals surface area (Å²) in [6.07, 6.45) is 0. The largest absolute Gasteiger partial charge is 0.356 e. The number of rotatable bonds is 5. The third kappa shape index (κ3) is 5.40. The summed E-state index contributed by atoms with van der Waals surface area (Å²) in [5.74, 6) is 1.38. The lowest BCUT2D eigenvalue weighted by Gasteiger charge is -2.11. The SMILES string of the molecule is CN=C(NCc1cc(-c2ccccc2)on1)NCc1cc(Cl)c(Cl)n1C.I. The fourth-order valence-electron chi connectivity index (χ4n) is 2.46. The molecule has 2 aromatic heterocycles. The predicted molar refractivity (Wildman–Crippen MR) is 120 cm³/mol. The van der Waals surface area contributed by atoms with E-state index < -0.39 is 0 Å². The lowest BCUT2D eigenvalue weighted by atomic mass is 10.2. The second-order valence-electron chi connectivity index (χ2n) is 5.66. The molecule has 6 nitrogen and oxygen atoms in total. The molecule has 3 rings (SSSR count). The first-order valence-corrected chi connectivity index (χ1v) is 8.79. The Bertz CT molecular complexity index is 908. The normalized spacial score (nSPS) is 11.2. The van der Waals surface area contributed by atoms with Crippen LogP contribution in [0.3, 0.4) is 0 Å². The molecular formula is C18H20Cl2IN5O. The monoisotopic (exact) mass is 519 g/mol. The summed E-state index contributed by atoms with van der Waals surface area (Å²) < 4.78 is 7.22. The predicted octanol–water partition coefficient (Wildman–Crippen LogP) is 4.47. The van der Waals surface area contributed by atoms with E-state index in [1.807, 2.05) is 54.1 Å². The third-order valence-electron chi connectivity index (χ3n) is 3.93. The number of hydrogen-bond acceptors (Lipinski definition) is 3. The molecule has 0 amide bonds. The molecule has 0 saturated heterocycles. The molecule has 2 heterocycles. The number of benzene rings is 1. The van der Waals surface area contributed by atoms with Gasteiger partial charge in [0.2, 0.25) is 0 Å². The Labute approximate surface area is 185 Å². The summed E-state index contributed by atoms with van der Waals surface area (Å²) in [5, 5.41) is 11.6. The maximum Gasteiger partial charge on any atom is 0.191 e. The molecule has 9 heteroatoms. The van der Waals surface area contributed by atoms with Crippen LogP contribution in [-0.4, -0.2) is 22.7 Å². The number of aliphatic imine (C=N–C) groups is 1. The number of aromatic nitrogens is 2. The van der Waals surface area contributed by atoms with Crippen molar-refractivity contribution < 1.29 is 4.52 Å². The van der Waals surface area contributed by atoms with Crippen molar-refractivity contribution >= 4 is 53.1 Å². The van der Waals surface area contributed by atoms with E-state index in [9.17, 15) is 0 Å². The molecule has 0 unspecified atom stereocenters. The van der Waals surface area contributed by atoms with Crippen molar-refractivity contribution in [1.29, 1.82) is 0 Å². The van der Waals surface area contributed by atoms with Gasteiger partial charge in [-0.05, 0) is 6.07 Å². The van der Waals surface area contributed by atoms with E-state index in [-0.39, 0.29) is 24.0 Å². The highest BCUT2D eigenvalue weighted by Crippen LogP contribution is 2.25. The number of nitrogens with one attached hydrogen (secondary N) is 2. The molecule has 0 aliphatic heterocycles. The highest BCUT2D eigenvalue weighted by Gasteiger charge is 2.10. The molecule has 0 fully saturated rings. The molecule has 27 heavy (non-hydrogen) atoms. The summed E-state index contributed by atoms with van der Waals surface area (Å²) in [6, 6.07) is 13.6. The van der Waals surface area contributed by atoms with E-state index >= 15 is 0 Å². The topological polar surface area (TPSA) is 67.4 Å². The first kappa shape index (κ1) is 21.6. The third-order valence-corrected chi connectivity index (χ3v) is 4.77. The Morgan fingerprint density at radius 2 is 1.85 bits per heavy atom. The van der Waals surface area contributed by atoms with Gasteiger partial charge in [0.25, 0.3) is 0 Å². The lowest BCUT2D eigenvalue weighted by Crippen LogP contribution is -2.36. The summed E-state index contributed by atoms with van der Waals surface area (Å²) in [5.41, 5.74) is 2.73. The average molecular weight is 520 g/mol. The summed E-state index contributed by atoms with van der Waals surface area (Å²) >= 11 is 12.1. The smallest absolute Gasteiger partial charge is 0.191 e. The van der Waals surface area contributed by atoms with Crippen molar-refractivity contribution in [2.24, 2.45) is 12.0 Å². The minimum absolute atomic E-state index is 0. The Balaban J connectivity index is 0.00000261. The van der Waals surface area contributed by atoms with Crippen molar-refractivity contribution in [2.75, 3.05) is 7.05 Å². The van der Waals surface area contributed by atoms with E-state index in [1.54, 1.807) is 7.05 Å². The van der Waals surface area contributed by atoms with Gasteiger partial charge in [-0.1, -0.05) is 58.7 Å². The zero-order chi connectivity index (χ0) is 18.5. The second kappa shape index (κ2) is 10.0. The number of guanidine groups is 1. The van der Waals surface area contributed by atoms with Crippen LogP contribution in [0.2, 0.25) is 10.2 Å². The number of halogens is 3. The zero-order valence-corrected chi connectivity index (χ0v) is 18.7. The van der Waals surface area contributed by atoms with E-state index in [4.69, 9.17) is 27.7 Å². The molecule has 3 aromatic rings. The molecule has 1 aromatic carbocycles. The summed E-state index contributed by atoms with van der Waals surface area (Å²) in [7, 11) is 3.57. The van der Waals surface area contributed by atoms with E-state index in [0.29, 0.717) is 29.2 Å². The van der Waals surface area contributed by atoms with Gasteiger partial charge in [0.05, 0.1) is 18.1 Å². The zero-order valence-electron chi connectivity index (χ0n) is 14.9. The fraction of sp³-hybridized carbons (Fsp3) is 0.222. The molecule has 0 saturated carbocycles. The van der Waals surface area contributed by atoms with Crippen molar-refractivity contribution in [3.63, 3.8) is 0 Å². The molecular weight excluding hydrogens is 500 g/mol. The highest BCUT2D eigenvalue weighted by molar-refractivity contribution is 14.0. The second-order valence-corrected chi connectivity index (χ2v) is 6.43. The molecule has 2 N–H and O–H groups in total. The maximum absolute atomic E-state index is 6.08. The van der Waals surface area contributed by atoms with E-state index in [1.165, 1.54) is 0 Å². The minimum atomic E-state index is 0. The molecule has 0 radical (unpaired) electrons. The van der Waals surface area contributed by atoms with Gasteiger partial charge in [-0.25, -0.2) is 0 Å². The van der Waals surface area contributed by atoms with E-state index in [2.05, 4.69) is 20.8 Å². The van der Waals surface area contributed by atoms with Crippen LogP contribution in [0.25, 0.3) is 11.3 Å². The average Bonchev–Trinajstić information content (AvgIpc) is 3.23. The fourth-order valence-corrected chi connectivity index (χ4v) is 2.88. The van der Waals surface area contributed by atoms with Crippen molar-refractivity contribution in [3.05, 3.63) is 64.0 Å². The van der Waals surface area contributed by atoms with Gasteiger partial charge < -0.3 is 19.7 Å². The van der Waals surface area contributed by atoms with Gasteiger partial charge >= 0.3 is 0 Å². The Hall–Kier alpha value is -1.71. The Morgan fingerprint density at radius 1 is 1.15 bits per heavy atom. The van der Waals surface area contributed by atoms with Gasteiger partial charge in [0.15, 0.2) is 11.7 Å². The quantitative estimate of drug-likeness (QED) is 0.296. The van der Waals surface area contributed by atoms with Crippen LogP contribution in [0.4, 0.5) is 0 Å². The van der Waals surface area contributed by atoms with Crippen molar-refractivity contribution in [2.45, 2.75) is 13.1 Å². The highest BCUT2D eigenvalue weighted by atomic mass is 127. The van der Waals surface area contributed by atoms with Gasteiger partial charge in [0.1, 0.15) is 10.8 Å². The molecule has 0 aliphatic rings. The Kier molecular flexibility index (Phi) is 8.00. The molecule has 0 atom stereocenters. The van der Waals surface area contributed by atoms with Crippen LogP contribution in [0.15, 0.2) is 52.0 Å².